The van der Waals surface area contributed by atoms with E-state index in [1.807, 2.05) is 6.92 Å². The third-order valence-electron chi connectivity index (χ3n) is 5.60. The van der Waals surface area contributed by atoms with Gasteiger partial charge in [-0.05, 0) is 50.5 Å². The van der Waals surface area contributed by atoms with E-state index in [0.717, 1.165) is 12.8 Å². The first kappa shape index (κ1) is 25.1. The van der Waals surface area contributed by atoms with Crippen LogP contribution in [0.2, 0.25) is 5.02 Å². The number of benzene rings is 2. The van der Waals surface area contributed by atoms with Gasteiger partial charge in [0.25, 0.3) is 15.9 Å². The number of methoxy groups -OCH3 is 2. The largest absolute Gasteiger partial charge is 0.495 e. The molecule has 0 spiro atoms. The van der Waals surface area contributed by atoms with Gasteiger partial charge < -0.3 is 19.1 Å². The standard InChI is InChI=1S/C23H29ClN2O6S/c1-5-32-16-8-10-26(11-9-16)23(27)18-12-17(7-6-15(18)2)33(28,29)25-20-13-19(24)21(30-3)14-22(20)31-4/h6-7,12-14,16,25H,5,8-11H2,1-4H3. The zero-order chi connectivity index (χ0) is 24.2. The highest BCUT2D eigenvalue weighted by molar-refractivity contribution is 7.92. The molecular weight excluding hydrogens is 468 g/mol. The molecule has 1 heterocycles. The van der Waals surface area contributed by atoms with Crippen LogP contribution in [0.4, 0.5) is 5.69 Å². The Morgan fingerprint density at radius 2 is 1.79 bits per heavy atom. The molecule has 2 aromatic rings. The Bertz CT molecular complexity index is 1110. The summed E-state index contributed by atoms with van der Waals surface area (Å²) in [5, 5.41) is 0.228. The number of sulfonamides is 1. The van der Waals surface area contributed by atoms with Gasteiger partial charge in [-0.25, -0.2) is 8.42 Å². The number of rotatable bonds is 8. The Morgan fingerprint density at radius 1 is 1.12 bits per heavy atom. The molecule has 1 aliphatic rings. The predicted octanol–water partition coefficient (Wildman–Crippen LogP) is 4.11. The molecule has 0 aromatic heterocycles. The molecule has 10 heteroatoms. The van der Waals surface area contributed by atoms with Crippen LogP contribution in [0.3, 0.4) is 0 Å². The fourth-order valence-corrected chi connectivity index (χ4v) is 5.10. The van der Waals surface area contributed by atoms with Crippen LogP contribution >= 0.6 is 11.6 Å². The molecule has 33 heavy (non-hydrogen) atoms. The molecular formula is C23H29ClN2O6S. The van der Waals surface area contributed by atoms with Gasteiger partial charge in [0, 0.05) is 31.3 Å². The Hall–Kier alpha value is -2.49. The zero-order valence-corrected chi connectivity index (χ0v) is 20.8. The SMILES string of the molecule is CCOC1CCN(C(=O)c2cc(S(=O)(=O)Nc3cc(Cl)c(OC)cc3OC)ccc2C)CC1. The van der Waals surface area contributed by atoms with Crippen molar-refractivity contribution in [2.45, 2.75) is 37.7 Å². The normalized spacial score (nSPS) is 14.8. The van der Waals surface area contributed by atoms with E-state index < -0.39 is 10.0 Å². The third kappa shape index (κ3) is 5.72. The van der Waals surface area contributed by atoms with E-state index in [-0.39, 0.29) is 33.4 Å². The summed E-state index contributed by atoms with van der Waals surface area (Å²) in [5.41, 5.74) is 1.22. The fourth-order valence-electron chi connectivity index (χ4n) is 3.77. The van der Waals surface area contributed by atoms with Crippen molar-refractivity contribution in [3.63, 3.8) is 0 Å². The first-order chi connectivity index (χ1) is 15.7. The molecule has 1 amide bonds. The summed E-state index contributed by atoms with van der Waals surface area (Å²) >= 11 is 6.16. The monoisotopic (exact) mass is 496 g/mol. The van der Waals surface area contributed by atoms with Crippen molar-refractivity contribution in [1.29, 1.82) is 0 Å². The maximum Gasteiger partial charge on any atom is 0.262 e. The average molecular weight is 497 g/mol. The Balaban J connectivity index is 1.85. The van der Waals surface area contributed by atoms with Crippen LogP contribution < -0.4 is 14.2 Å². The lowest BCUT2D eigenvalue weighted by molar-refractivity contribution is 0.0146. The molecule has 0 bridgehead atoms. The number of nitrogens with zero attached hydrogens (tertiary/aromatic N) is 1. The molecule has 180 valence electrons. The van der Waals surface area contributed by atoms with E-state index in [1.54, 1.807) is 17.9 Å². The second-order valence-electron chi connectivity index (χ2n) is 7.72. The summed E-state index contributed by atoms with van der Waals surface area (Å²) in [6.07, 6.45) is 1.68. The van der Waals surface area contributed by atoms with Crippen molar-refractivity contribution >= 4 is 33.2 Å². The third-order valence-corrected chi connectivity index (χ3v) is 7.26. The molecule has 2 aromatic carbocycles. The second kappa shape index (κ2) is 10.6. The number of amides is 1. The highest BCUT2D eigenvalue weighted by atomic mass is 35.5. The lowest BCUT2D eigenvalue weighted by atomic mass is 10.0. The van der Waals surface area contributed by atoms with Crippen molar-refractivity contribution < 1.29 is 27.4 Å². The lowest BCUT2D eigenvalue weighted by Crippen LogP contribution is -2.41. The van der Waals surface area contributed by atoms with Gasteiger partial charge in [0.15, 0.2) is 0 Å². The number of nitrogens with one attached hydrogen (secondary N) is 1. The Morgan fingerprint density at radius 3 is 2.39 bits per heavy atom. The van der Waals surface area contributed by atoms with Gasteiger partial charge in [-0.1, -0.05) is 17.7 Å². The number of likely N-dealkylation sites (tertiary alicyclic amines) is 1. The van der Waals surface area contributed by atoms with Crippen molar-refractivity contribution in [2.75, 3.05) is 38.6 Å². The van der Waals surface area contributed by atoms with E-state index in [2.05, 4.69) is 4.72 Å². The molecule has 0 aliphatic carbocycles. The first-order valence-electron chi connectivity index (χ1n) is 10.7. The molecule has 0 saturated carbocycles. The van der Waals surface area contributed by atoms with Crippen molar-refractivity contribution in [1.82, 2.24) is 4.90 Å². The average Bonchev–Trinajstić information content (AvgIpc) is 2.79. The van der Waals surface area contributed by atoms with Crippen LogP contribution in [0.15, 0.2) is 35.2 Å². The minimum atomic E-state index is -4.02. The van der Waals surface area contributed by atoms with E-state index >= 15 is 0 Å². The van der Waals surface area contributed by atoms with E-state index in [0.29, 0.717) is 36.6 Å². The summed E-state index contributed by atoms with van der Waals surface area (Å²) in [6.45, 7) is 5.53. The van der Waals surface area contributed by atoms with Crippen molar-refractivity contribution in [2.24, 2.45) is 0 Å². The topological polar surface area (TPSA) is 94.2 Å². The maximum absolute atomic E-state index is 13.2. The minimum Gasteiger partial charge on any atom is -0.495 e. The number of halogens is 1. The molecule has 1 N–H and O–H groups in total. The quantitative estimate of drug-likeness (QED) is 0.591. The van der Waals surface area contributed by atoms with Gasteiger partial charge in [0.1, 0.15) is 11.5 Å². The highest BCUT2D eigenvalue weighted by Crippen LogP contribution is 2.37. The molecule has 1 aliphatic heterocycles. The predicted molar refractivity (Wildman–Crippen MR) is 127 cm³/mol. The minimum absolute atomic E-state index is 0.0327. The van der Waals surface area contributed by atoms with Crippen LogP contribution in [-0.4, -0.2) is 59.2 Å². The molecule has 0 atom stereocenters. The van der Waals surface area contributed by atoms with Gasteiger partial charge in [0.2, 0.25) is 0 Å². The highest BCUT2D eigenvalue weighted by Gasteiger charge is 2.26. The molecule has 0 unspecified atom stereocenters. The molecule has 8 nitrogen and oxygen atoms in total. The number of hydrogen-bond acceptors (Lipinski definition) is 6. The first-order valence-corrected chi connectivity index (χ1v) is 12.5. The van der Waals surface area contributed by atoms with Crippen molar-refractivity contribution in [3.8, 4) is 11.5 Å². The Kier molecular flexibility index (Phi) is 8.10. The number of carbonyl (C=O) groups excluding carboxylic acids is 1. The maximum atomic E-state index is 13.2. The number of anilines is 1. The van der Waals surface area contributed by atoms with Crippen LogP contribution in [0, 0.1) is 6.92 Å². The van der Waals surface area contributed by atoms with Gasteiger partial charge in [-0.2, -0.15) is 0 Å². The lowest BCUT2D eigenvalue weighted by Gasteiger charge is -2.32. The summed E-state index contributed by atoms with van der Waals surface area (Å²) in [4.78, 5) is 14.9. The van der Waals surface area contributed by atoms with Crippen LogP contribution in [0.25, 0.3) is 0 Å². The summed E-state index contributed by atoms with van der Waals surface area (Å²) in [6, 6.07) is 7.42. The molecule has 1 saturated heterocycles. The fraction of sp³-hybridized carbons (Fsp3) is 0.435. The van der Waals surface area contributed by atoms with E-state index in [4.69, 9.17) is 25.8 Å². The van der Waals surface area contributed by atoms with E-state index in [1.165, 1.54) is 38.5 Å². The molecule has 0 radical (unpaired) electrons. The zero-order valence-electron chi connectivity index (χ0n) is 19.2. The Labute approximate surface area is 199 Å². The van der Waals surface area contributed by atoms with Crippen LogP contribution in [-0.2, 0) is 14.8 Å². The van der Waals surface area contributed by atoms with Crippen LogP contribution in [0.1, 0.15) is 35.7 Å². The van der Waals surface area contributed by atoms with Gasteiger partial charge in [-0.3, -0.25) is 9.52 Å². The molecule has 3 rings (SSSR count). The molecule has 1 fully saturated rings. The smallest absolute Gasteiger partial charge is 0.262 e. The number of aryl methyl sites for hydroxylation is 1. The summed E-state index contributed by atoms with van der Waals surface area (Å²) < 4.78 is 44.8. The van der Waals surface area contributed by atoms with Crippen molar-refractivity contribution in [3.05, 3.63) is 46.5 Å². The van der Waals surface area contributed by atoms with E-state index in [9.17, 15) is 13.2 Å². The van der Waals surface area contributed by atoms with Gasteiger partial charge >= 0.3 is 0 Å². The van der Waals surface area contributed by atoms with Gasteiger partial charge in [0.05, 0.1) is 35.9 Å². The number of hydrogen-bond donors (Lipinski definition) is 1. The van der Waals surface area contributed by atoms with Gasteiger partial charge in [-0.15, -0.1) is 0 Å². The second-order valence-corrected chi connectivity index (χ2v) is 9.81. The van der Waals surface area contributed by atoms with Crippen LogP contribution in [0.5, 0.6) is 11.5 Å². The number of piperidine rings is 1. The summed E-state index contributed by atoms with van der Waals surface area (Å²) in [5.74, 6) is 0.415. The number of carbonyl (C=O) groups is 1. The summed E-state index contributed by atoms with van der Waals surface area (Å²) in [7, 11) is -1.15. The number of ether oxygens (including phenoxy) is 3.